The fraction of sp³-hybridized carbons (Fsp3) is 0.667. The third-order valence-corrected chi connectivity index (χ3v) is 6.54. The van der Waals surface area contributed by atoms with Crippen molar-refractivity contribution in [1.29, 1.82) is 0 Å². The first-order valence-electron chi connectivity index (χ1n) is 10.3. The van der Waals surface area contributed by atoms with Gasteiger partial charge in [-0.25, -0.2) is 0 Å². The Labute approximate surface area is 166 Å². The average molecular weight is 386 g/mol. The van der Waals surface area contributed by atoms with Crippen LogP contribution in [0.5, 0.6) is 5.75 Å². The van der Waals surface area contributed by atoms with Gasteiger partial charge < -0.3 is 15.0 Å². The Morgan fingerprint density at radius 2 is 2.14 bits per heavy atom. The van der Waals surface area contributed by atoms with Crippen molar-refractivity contribution in [2.75, 3.05) is 26.7 Å². The highest BCUT2D eigenvalue weighted by Crippen LogP contribution is 2.41. The summed E-state index contributed by atoms with van der Waals surface area (Å²) in [6.07, 6.45) is 7.47. The molecule has 3 saturated heterocycles. The number of piperidine rings is 3. The fourth-order valence-corrected chi connectivity index (χ4v) is 5.43. The van der Waals surface area contributed by atoms with Gasteiger partial charge in [-0.3, -0.25) is 19.5 Å². The highest BCUT2D eigenvalue weighted by atomic mass is 16.5. The number of methoxy groups -OCH3 is 1. The number of hydrogen-bond acceptors (Lipinski definition) is 5. The van der Waals surface area contributed by atoms with Crippen molar-refractivity contribution < 1.29 is 14.3 Å². The zero-order valence-corrected chi connectivity index (χ0v) is 16.8. The van der Waals surface area contributed by atoms with Crippen LogP contribution in [0, 0.1) is 11.8 Å². The molecular weight excluding hydrogens is 356 g/mol. The van der Waals surface area contributed by atoms with Gasteiger partial charge in [-0.1, -0.05) is 0 Å². The van der Waals surface area contributed by atoms with Crippen molar-refractivity contribution in [3.63, 3.8) is 0 Å². The first-order valence-corrected chi connectivity index (χ1v) is 10.3. The second-order valence-electron chi connectivity index (χ2n) is 8.45. The molecule has 152 valence electrons. The minimum atomic E-state index is -0.0294. The van der Waals surface area contributed by atoms with E-state index in [2.05, 4.69) is 20.1 Å². The summed E-state index contributed by atoms with van der Waals surface area (Å²) in [6, 6.07) is 2.45. The molecule has 0 aliphatic carbocycles. The van der Waals surface area contributed by atoms with Gasteiger partial charge in [0.25, 0.3) is 0 Å². The van der Waals surface area contributed by atoms with Crippen LogP contribution < -0.4 is 10.1 Å². The standard InChI is InChI=1S/C21H30N4O3/c1-14(26)23-10-20-17-7-16(19-4-3-5-21(27)25(19)20)12-24(13-17)11-15-6-18(28-2)9-22-8-15/h6,8-9,16-17,19-20H,3-5,7,10-13H2,1-2H3,(H,23,26)/t16-,17+,19+,20+/m1/s1. The number of ether oxygens (including phenoxy) is 1. The Morgan fingerprint density at radius 3 is 2.93 bits per heavy atom. The van der Waals surface area contributed by atoms with Crippen molar-refractivity contribution in [1.82, 2.24) is 20.1 Å². The van der Waals surface area contributed by atoms with E-state index in [1.165, 1.54) is 0 Å². The first kappa shape index (κ1) is 19.2. The highest BCUT2D eigenvalue weighted by Gasteiger charge is 2.49. The molecule has 0 spiro atoms. The lowest BCUT2D eigenvalue weighted by atomic mass is 9.72. The molecule has 1 N–H and O–H groups in total. The lowest BCUT2D eigenvalue weighted by Gasteiger charge is -2.56. The smallest absolute Gasteiger partial charge is 0.223 e. The Hall–Kier alpha value is -2.15. The highest BCUT2D eigenvalue weighted by molar-refractivity contribution is 5.78. The summed E-state index contributed by atoms with van der Waals surface area (Å²) in [5, 5.41) is 2.97. The van der Waals surface area contributed by atoms with E-state index in [1.54, 1.807) is 20.2 Å². The van der Waals surface area contributed by atoms with Crippen molar-refractivity contribution >= 4 is 11.8 Å². The number of hydrogen-bond donors (Lipinski definition) is 1. The molecule has 0 radical (unpaired) electrons. The summed E-state index contributed by atoms with van der Waals surface area (Å²) >= 11 is 0. The van der Waals surface area contributed by atoms with Crippen molar-refractivity contribution in [2.45, 2.75) is 51.2 Å². The molecule has 7 heteroatoms. The molecule has 4 atom stereocenters. The molecular formula is C21H30N4O3. The largest absolute Gasteiger partial charge is 0.495 e. The van der Waals surface area contributed by atoms with Crippen LogP contribution in [0.25, 0.3) is 0 Å². The maximum Gasteiger partial charge on any atom is 0.223 e. The number of fused-ring (bicyclic) bond motifs is 4. The minimum absolute atomic E-state index is 0.0294. The number of aromatic nitrogens is 1. The molecule has 1 aromatic heterocycles. The van der Waals surface area contributed by atoms with Gasteiger partial charge in [-0.05, 0) is 42.7 Å². The summed E-state index contributed by atoms with van der Waals surface area (Å²) in [5.74, 6) is 1.92. The van der Waals surface area contributed by atoms with Gasteiger partial charge in [-0.15, -0.1) is 0 Å². The van der Waals surface area contributed by atoms with Crippen LogP contribution in [0.2, 0.25) is 0 Å². The van der Waals surface area contributed by atoms with Crippen LogP contribution in [-0.2, 0) is 16.1 Å². The molecule has 4 heterocycles. The number of amides is 2. The lowest BCUT2D eigenvalue weighted by molar-refractivity contribution is -0.153. The van der Waals surface area contributed by atoms with E-state index in [0.717, 1.165) is 50.2 Å². The fourth-order valence-electron chi connectivity index (χ4n) is 5.43. The monoisotopic (exact) mass is 386 g/mol. The second kappa shape index (κ2) is 8.07. The van der Waals surface area contributed by atoms with Gasteiger partial charge in [-0.2, -0.15) is 0 Å². The molecule has 2 amide bonds. The summed E-state index contributed by atoms with van der Waals surface area (Å²) in [6.45, 7) is 4.89. The van der Waals surface area contributed by atoms with Gasteiger partial charge in [0.15, 0.2) is 0 Å². The van der Waals surface area contributed by atoms with Crippen molar-refractivity contribution in [2.24, 2.45) is 11.8 Å². The number of rotatable bonds is 5. The van der Waals surface area contributed by atoms with Crippen LogP contribution in [0.1, 0.15) is 38.2 Å². The molecule has 2 bridgehead atoms. The SMILES string of the molecule is COc1cncc(CN2C[C@H]3C[C@@H](C2)[C@H](CNC(C)=O)N2C(=O)CCC[C@@H]32)c1. The van der Waals surface area contributed by atoms with E-state index < -0.39 is 0 Å². The zero-order chi connectivity index (χ0) is 19.7. The van der Waals surface area contributed by atoms with Gasteiger partial charge in [0.2, 0.25) is 11.8 Å². The molecule has 28 heavy (non-hydrogen) atoms. The molecule has 0 unspecified atom stereocenters. The molecule has 7 nitrogen and oxygen atoms in total. The predicted octanol–water partition coefficient (Wildman–Crippen LogP) is 1.43. The van der Waals surface area contributed by atoms with Gasteiger partial charge in [0.05, 0.1) is 19.3 Å². The van der Waals surface area contributed by atoms with Gasteiger partial charge >= 0.3 is 0 Å². The van der Waals surface area contributed by atoms with Crippen LogP contribution in [0.15, 0.2) is 18.5 Å². The quantitative estimate of drug-likeness (QED) is 0.829. The molecule has 3 aliphatic rings. The summed E-state index contributed by atoms with van der Waals surface area (Å²) in [4.78, 5) is 33.2. The van der Waals surface area contributed by atoms with E-state index in [9.17, 15) is 9.59 Å². The van der Waals surface area contributed by atoms with E-state index in [1.807, 2.05) is 12.3 Å². The maximum atomic E-state index is 12.7. The lowest BCUT2D eigenvalue weighted by Crippen LogP contribution is -2.66. The first-order chi connectivity index (χ1) is 13.5. The van der Waals surface area contributed by atoms with Crippen molar-refractivity contribution in [3.8, 4) is 5.75 Å². The third-order valence-electron chi connectivity index (χ3n) is 6.54. The Bertz CT molecular complexity index is 740. The number of likely N-dealkylation sites (tertiary alicyclic amines) is 1. The Morgan fingerprint density at radius 1 is 1.32 bits per heavy atom. The Balaban J connectivity index is 1.53. The Kier molecular flexibility index (Phi) is 5.53. The molecule has 4 rings (SSSR count). The van der Waals surface area contributed by atoms with E-state index in [0.29, 0.717) is 30.8 Å². The number of pyridine rings is 1. The van der Waals surface area contributed by atoms with E-state index in [4.69, 9.17) is 4.74 Å². The van der Waals surface area contributed by atoms with Crippen LogP contribution in [-0.4, -0.2) is 65.4 Å². The molecule has 3 aliphatic heterocycles. The minimum Gasteiger partial charge on any atom is -0.495 e. The maximum absolute atomic E-state index is 12.7. The van der Waals surface area contributed by atoms with Crippen molar-refractivity contribution in [3.05, 3.63) is 24.0 Å². The summed E-state index contributed by atoms with van der Waals surface area (Å²) < 4.78 is 5.31. The normalized spacial score (nSPS) is 29.9. The van der Waals surface area contributed by atoms with Gasteiger partial charge in [0.1, 0.15) is 5.75 Å². The van der Waals surface area contributed by atoms with Crippen LogP contribution >= 0.6 is 0 Å². The number of nitrogens with one attached hydrogen (secondary N) is 1. The predicted molar refractivity (Wildman–Crippen MR) is 105 cm³/mol. The molecule has 3 fully saturated rings. The number of carbonyl (C=O) groups excluding carboxylic acids is 2. The second-order valence-corrected chi connectivity index (χ2v) is 8.45. The molecule has 0 saturated carbocycles. The molecule has 1 aromatic rings. The molecule has 0 aromatic carbocycles. The third kappa shape index (κ3) is 3.85. The van der Waals surface area contributed by atoms with Crippen LogP contribution in [0.3, 0.4) is 0 Å². The van der Waals surface area contributed by atoms with Crippen LogP contribution in [0.4, 0.5) is 0 Å². The average Bonchev–Trinajstić information content (AvgIpc) is 2.68. The summed E-state index contributed by atoms with van der Waals surface area (Å²) in [7, 11) is 1.66. The number of carbonyl (C=O) groups is 2. The summed E-state index contributed by atoms with van der Waals surface area (Å²) in [5.41, 5.74) is 1.15. The van der Waals surface area contributed by atoms with Gasteiger partial charge in [0, 0.05) is 51.8 Å². The topological polar surface area (TPSA) is 74.8 Å². The van der Waals surface area contributed by atoms with E-state index >= 15 is 0 Å². The number of nitrogens with zero attached hydrogens (tertiary/aromatic N) is 3. The van der Waals surface area contributed by atoms with E-state index in [-0.39, 0.29) is 17.9 Å². The zero-order valence-electron chi connectivity index (χ0n) is 16.8.